The minimum absolute atomic E-state index is 0.229. The highest BCUT2D eigenvalue weighted by atomic mass is 35.5. The van der Waals surface area contributed by atoms with Crippen LogP contribution in [0.5, 0.6) is 0 Å². The van der Waals surface area contributed by atoms with Gasteiger partial charge in [-0.05, 0) is 6.07 Å². The number of rotatable bonds is 0. The molecule has 0 aliphatic heterocycles. The largest absolute Gasteiger partial charge is 0.464 e. The van der Waals surface area contributed by atoms with Gasteiger partial charge in [0, 0.05) is 17.3 Å². The van der Waals surface area contributed by atoms with Crippen LogP contribution >= 0.6 is 11.6 Å². The number of halogens is 1. The molecule has 0 amide bonds. The molecule has 0 unspecified atom stereocenters. The molecule has 5 heteroatoms. The van der Waals surface area contributed by atoms with Gasteiger partial charge in [0.25, 0.3) is 5.56 Å². The zero-order valence-electron chi connectivity index (χ0n) is 5.32. The highest BCUT2D eigenvalue weighted by Crippen LogP contribution is 2.01. The summed E-state index contributed by atoms with van der Waals surface area (Å²) >= 11 is 5.42. The fraction of sp³-hybridized carbons (Fsp3) is 0. The van der Waals surface area contributed by atoms with Crippen LogP contribution in [0.3, 0.4) is 0 Å². The first-order valence-electron chi connectivity index (χ1n) is 2.73. The second-order valence-corrected chi connectivity index (χ2v) is 2.27. The molecule has 1 aromatic rings. The van der Waals surface area contributed by atoms with Crippen molar-refractivity contribution in [2.24, 2.45) is 0 Å². The van der Waals surface area contributed by atoms with Crippen LogP contribution < -0.4 is 5.56 Å². The first kappa shape index (κ1) is 7.81. The number of pyridine rings is 1. The van der Waals surface area contributed by atoms with Gasteiger partial charge in [-0.15, -0.1) is 0 Å². The monoisotopic (exact) mass is 173 g/mol. The van der Waals surface area contributed by atoms with Gasteiger partial charge in [0.1, 0.15) is 0 Å². The number of carboxylic acid groups (broad SMARTS) is 1. The van der Waals surface area contributed by atoms with E-state index in [1.807, 2.05) is 0 Å². The van der Waals surface area contributed by atoms with Crippen molar-refractivity contribution in [1.29, 1.82) is 0 Å². The summed E-state index contributed by atoms with van der Waals surface area (Å²) in [6.07, 6.45) is -0.209. The quantitative estimate of drug-likeness (QED) is 0.638. The molecular weight excluding hydrogens is 170 g/mol. The Labute approximate surface area is 66.6 Å². The maximum absolute atomic E-state index is 10.8. The van der Waals surface area contributed by atoms with E-state index in [9.17, 15) is 9.59 Å². The Morgan fingerprint density at radius 1 is 1.64 bits per heavy atom. The Kier molecular flexibility index (Phi) is 1.96. The van der Waals surface area contributed by atoms with Gasteiger partial charge in [0.05, 0.1) is 0 Å². The Bertz CT molecular complexity index is 344. The fourth-order valence-corrected chi connectivity index (χ4v) is 0.763. The van der Waals surface area contributed by atoms with E-state index in [0.717, 1.165) is 12.3 Å². The Morgan fingerprint density at radius 2 is 2.27 bits per heavy atom. The van der Waals surface area contributed by atoms with E-state index in [2.05, 4.69) is 0 Å². The molecule has 1 N–H and O–H groups in total. The SMILES string of the molecule is O=C(O)n1ccc(Cl)cc1=O. The van der Waals surface area contributed by atoms with Crippen LogP contribution in [0.2, 0.25) is 5.02 Å². The van der Waals surface area contributed by atoms with Crippen LogP contribution in [0.25, 0.3) is 0 Å². The lowest BCUT2D eigenvalue weighted by Crippen LogP contribution is -2.23. The molecular formula is C6H4ClNO3. The molecule has 0 radical (unpaired) electrons. The molecule has 1 rings (SSSR count). The maximum atomic E-state index is 10.8. The van der Waals surface area contributed by atoms with Gasteiger partial charge in [-0.1, -0.05) is 11.6 Å². The van der Waals surface area contributed by atoms with Crippen molar-refractivity contribution in [3.8, 4) is 0 Å². The van der Waals surface area contributed by atoms with Gasteiger partial charge in [-0.3, -0.25) is 4.79 Å². The third-order valence-electron chi connectivity index (χ3n) is 1.09. The number of hydrogen-bond donors (Lipinski definition) is 1. The van der Waals surface area contributed by atoms with Crippen molar-refractivity contribution >= 4 is 17.7 Å². The second kappa shape index (κ2) is 2.75. The predicted octanol–water partition coefficient (Wildman–Crippen LogP) is 1.03. The van der Waals surface area contributed by atoms with Crippen LogP contribution in [0.4, 0.5) is 4.79 Å². The first-order valence-corrected chi connectivity index (χ1v) is 3.10. The van der Waals surface area contributed by atoms with E-state index in [1.165, 1.54) is 6.07 Å². The van der Waals surface area contributed by atoms with Gasteiger partial charge < -0.3 is 5.11 Å². The summed E-state index contributed by atoms with van der Waals surface area (Å²) in [5.41, 5.74) is -0.648. The molecule has 0 aliphatic rings. The van der Waals surface area contributed by atoms with E-state index >= 15 is 0 Å². The highest BCUT2D eigenvalue weighted by molar-refractivity contribution is 6.30. The van der Waals surface area contributed by atoms with Crippen molar-refractivity contribution in [2.75, 3.05) is 0 Å². The third-order valence-corrected chi connectivity index (χ3v) is 1.32. The average Bonchev–Trinajstić information content (AvgIpc) is 1.85. The topological polar surface area (TPSA) is 59.3 Å². The molecule has 0 aliphatic carbocycles. The summed E-state index contributed by atoms with van der Waals surface area (Å²) in [4.78, 5) is 21.0. The summed E-state index contributed by atoms with van der Waals surface area (Å²) in [5, 5.41) is 8.61. The number of nitrogens with zero attached hydrogens (tertiary/aromatic N) is 1. The zero-order chi connectivity index (χ0) is 8.43. The molecule has 0 bridgehead atoms. The second-order valence-electron chi connectivity index (χ2n) is 1.84. The van der Waals surface area contributed by atoms with E-state index in [0.29, 0.717) is 4.57 Å². The minimum Gasteiger partial charge on any atom is -0.464 e. The summed E-state index contributed by atoms with van der Waals surface area (Å²) < 4.78 is 0.547. The summed E-state index contributed by atoms with van der Waals surface area (Å²) in [7, 11) is 0. The lowest BCUT2D eigenvalue weighted by atomic mass is 10.5. The smallest absolute Gasteiger partial charge is 0.418 e. The van der Waals surface area contributed by atoms with Crippen LogP contribution in [0.15, 0.2) is 23.1 Å². The fourth-order valence-electron chi connectivity index (χ4n) is 0.613. The summed E-state index contributed by atoms with van der Waals surface area (Å²) in [6.45, 7) is 0. The number of aromatic nitrogens is 1. The molecule has 0 spiro atoms. The Morgan fingerprint density at radius 3 is 2.73 bits per heavy atom. The van der Waals surface area contributed by atoms with E-state index in [4.69, 9.17) is 16.7 Å². The van der Waals surface area contributed by atoms with Gasteiger partial charge in [-0.25, -0.2) is 9.36 Å². The average molecular weight is 174 g/mol. The van der Waals surface area contributed by atoms with Crippen molar-refractivity contribution in [2.45, 2.75) is 0 Å². The lowest BCUT2D eigenvalue weighted by molar-refractivity contribution is 0.195. The van der Waals surface area contributed by atoms with Crippen molar-refractivity contribution in [3.05, 3.63) is 33.7 Å². The molecule has 0 fully saturated rings. The van der Waals surface area contributed by atoms with Gasteiger partial charge in [-0.2, -0.15) is 0 Å². The number of carbonyl (C=O) groups is 1. The molecule has 11 heavy (non-hydrogen) atoms. The van der Waals surface area contributed by atoms with Crippen LogP contribution in [0, 0.1) is 0 Å². The molecule has 0 saturated carbocycles. The third kappa shape index (κ3) is 1.59. The maximum Gasteiger partial charge on any atom is 0.418 e. The summed E-state index contributed by atoms with van der Waals surface area (Å²) in [5.74, 6) is 0. The number of hydrogen-bond acceptors (Lipinski definition) is 2. The van der Waals surface area contributed by atoms with Crippen LogP contribution in [-0.4, -0.2) is 15.8 Å². The molecule has 0 aromatic carbocycles. The highest BCUT2D eigenvalue weighted by Gasteiger charge is 2.02. The molecule has 4 nitrogen and oxygen atoms in total. The van der Waals surface area contributed by atoms with Crippen molar-refractivity contribution in [1.82, 2.24) is 4.57 Å². The normalized spacial score (nSPS) is 9.55. The van der Waals surface area contributed by atoms with Crippen molar-refractivity contribution < 1.29 is 9.90 Å². The summed E-state index contributed by atoms with van der Waals surface area (Å²) in [6, 6.07) is 2.37. The van der Waals surface area contributed by atoms with E-state index in [1.54, 1.807) is 0 Å². The van der Waals surface area contributed by atoms with Gasteiger partial charge in [0.2, 0.25) is 0 Å². The molecule has 58 valence electrons. The van der Waals surface area contributed by atoms with Gasteiger partial charge in [0.15, 0.2) is 0 Å². The first-order chi connectivity index (χ1) is 5.11. The van der Waals surface area contributed by atoms with Crippen LogP contribution in [-0.2, 0) is 0 Å². The standard InChI is InChI=1S/C6H4ClNO3/c7-4-1-2-8(6(10)11)5(9)3-4/h1-3H,(H,10,11). The van der Waals surface area contributed by atoms with E-state index < -0.39 is 11.7 Å². The molecule has 0 saturated heterocycles. The van der Waals surface area contributed by atoms with Crippen LogP contribution in [0.1, 0.15) is 0 Å². The van der Waals surface area contributed by atoms with Gasteiger partial charge >= 0.3 is 6.09 Å². The van der Waals surface area contributed by atoms with Crippen molar-refractivity contribution in [3.63, 3.8) is 0 Å². The molecule has 1 heterocycles. The van der Waals surface area contributed by atoms with E-state index in [-0.39, 0.29) is 5.02 Å². The molecule has 0 atom stereocenters. The Hall–Kier alpha value is -1.29. The Balaban J connectivity index is 3.32. The minimum atomic E-state index is -1.31. The zero-order valence-corrected chi connectivity index (χ0v) is 6.08. The molecule has 1 aromatic heterocycles. The lowest BCUT2D eigenvalue weighted by Gasteiger charge is -1.95. The predicted molar refractivity (Wildman–Crippen MR) is 39.1 cm³/mol.